The van der Waals surface area contributed by atoms with Crippen molar-refractivity contribution in [3.63, 3.8) is 0 Å². The zero-order valence-electron chi connectivity index (χ0n) is 17.1. The predicted molar refractivity (Wildman–Crippen MR) is 116 cm³/mol. The first-order valence-electron chi connectivity index (χ1n) is 9.92. The van der Waals surface area contributed by atoms with Gasteiger partial charge in [0.25, 0.3) is 17.5 Å². The zero-order valence-corrected chi connectivity index (χ0v) is 17.1. The lowest BCUT2D eigenvalue weighted by atomic mass is 10.0. The van der Waals surface area contributed by atoms with E-state index in [1.807, 2.05) is 0 Å². The molecule has 2 aliphatic heterocycles. The molecule has 1 aromatic heterocycles. The van der Waals surface area contributed by atoms with E-state index in [1.54, 1.807) is 42.7 Å². The molecule has 0 unspecified atom stereocenters. The van der Waals surface area contributed by atoms with Crippen molar-refractivity contribution in [2.75, 3.05) is 12.1 Å². The topological polar surface area (TPSA) is 124 Å². The summed E-state index contributed by atoms with van der Waals surface area (Å²) in [5, 5.41) is 14.1. The van der Waals surface area contributed by atoms with Crippen LogP contribution in [-0.4, -0.2) is 33.4 Å². The van der Waals surface area contributed by atoms with Gasteiger partial charge in [0.15, 0.2) is 11.5 Å². The number of nitro groups is 1. The van der Waals surface area contributed by atoms with Crippen LogP contribution in [0, 0.1) is 10.1 Å². The number of carbonyl (C=O) groups is 2. The van der Waals surface area contributed by atoms with Gasteiger partial charge in [-0.3, -0.25) is 29.6 Å². The number of hydrogen-bond donors (Lipinski definition) is 1. The van der Waals surface area contributed by atoms with Gasteiger partial charge in [-0.2, -0.15) is 0 Å². The summed E-state index contributed by atoms with van der Waals surface area (Å²) in [4.78, 5) is 42.2. The van der Waals surface area contributed by atoms with Gasteiger partial charge >= 0.3 is 0 Å². The third-order valence-electron chi connectivity index (χ3n) is 5.27. The Kier molecular flexibility index (Phi) is 4.94. The molecule has 0 spiro atoms. The summed E-state index contributed by atoms with van der Waals surface area (Å²) in [5.74, 6) is 0.0814. The number of nitrogens with one attached hydrogen (secondary N) is 1. The van der Waals surface area contributed by atoms with Crippen LogP contribution in [0.25, 0.3) is 5.57 Å². The SMILES string of the molecule is O=C1C(Nc2ccc3c(c2)OCO3)=C(c2ccc([N+](=O)[O-])cc2)C(=O)N1Cc1ccncc1. The van der Waals surface area contributed by atoms with Gasteiger partial charge in [-0.25, -0.2) is 0 Å². The standard InChI is InChI=1S/C23H16N4O6/c28-22-20(15-1-4-17(5-2-15)27(30)31)21(23(29)26(22)12-14-7-9-24-10-8-14)25-16-3-6-18-19(11-16)33-13-32-18/h1-11,25H,12-13H2. The molecule has 10 nitrogen and oxygen atoms in total. The van der Waals surface area contributed by atoms with Crippen molar-refractivity contribution < 1.29 is 24.0 Å². The van der Waals surface area contributed by atoms with Gasteiger partial charge < -0.3 is 14.8 Å². The fourth-order valence-corrected chi connectivity index (χ4v) is 3.64. The molecule has 2 aliphatic rings. The highest BCUT2D eigenvalue weighted by molar-refractivity contribution is 6.36. The number of imide groups is 1. The van der Waals surface area contributed by atoms with E-state index in [2.05, 4.69) is 10.3 Å². The molecular weight excluding hydrogens is 428 g/mol. The maximum absolute atomic E-state index is 13.3. The minimum atomic E-state index is -0.526. The Bertz CT molecular complexity index is 1300. The predicted octanol–water partition coefficient (Wildman–Crippen LogP) is 3.11. The largest absolute Gasteiger partial charge is 0.454 e. The van der Waals surface area contributed by atoms with Crippen LogP contribution in [0.4, 0.5) is 11.4 Å². The molecule has 0 fully saturated rings. The van der Waals surface area contributed by atoms with E-state index in [1.165, 1.54) is 24.3 Å². The number of rotatable bonds is 6. The number of ether oxygens (including phenoxy) is 2. The van der Waals surface area contributed by atoms with E-state index in [4.69, 9.17) is 9.47 Å². The van der Waals surface area contributed by atoms with Crippen LogP contribution in [-0.2, 0) is 16.1 Å². The number of pyridine rings is 1. The van der Waals surface area contributed by atoms with E-state index in [0.29, 0.717) is 22.7 Å². The summed E-state index contributed by atoms with van der Waals surface area (Å²) in [6.45, 7) is 0.162. The molecule has 1 N–H and O–H groups in total. The smallest absolute Gasteiger partial charge is 0.278 e. The average molecular weight is 444 g/mol. The first kappa shape index (κ1) is 20.2. The lowest BCUT2D eigenvalue weighted by molar-refractivity contribution is -0.384. The molecule has 2 amide bonds. The molecule has 5 rings (SSSR count). The van der Waals surface area contributed by atoms with Crippen LogP contribution < -0.4 is 14.8 Å². The minimum absolute atomic E-state index is 0.0585. The number of benzene rings is 2. The number of carbonyl (C=O) groups excluding carboxylic acids is 2. The molecule has 0 saturated heterocycles. The molecule has 0 bridgehead atoms. The summed E-state index contributed by atoms with van der Waals surface area (Å²) in [5.41, 5.74) is 1.73. The lowest BCUT2D eigenvalue weighted by Gasteiger charge is -2.15. The molecule has 164 valence electrons. The lowest BCUT2D eigenvalue weighted by Crippen LogP contribution is -2.32. The molecule has 33 heavy (non-hydrogen) atoms. The number of amides is 2. The molecule has 3 heterocycles. The number of anilines is 1. The van der Waals surface area contributed by atoms with Gasteiger partial charge in [0, 0.05) is 36.3 Å². The van der Waals surface area contributed by atoms with Crippen molar-refractivity contribution in [3.8, 4) is 11.5 Å². The Morgan fingerprint density at radius 3 is 2.42 bits per heavy atom. The molecule has 0 atom stereocenters. The third-order valence-corrected chi connectivity index (χ3v) is 5.27. The Hall–Kier alpha value is -4.73. The maximum atomic E-state index is 13.3. The molecule has 3 aromatic rings. The highest BCUT2D eigenvalue weighted by Crippen LogP contribution is 2.37. The van der Waals surface area contributed by atoms with Crippen LogP contribution in [0.5, 0.6) is 11.5 Å². The van der Waals surface area contributed by atoms with Crippen molar-refractivity contribution in [1.29, 1.82) is 0 Å². The molecular formula is C23H16N4O6. The summed E-state index contributed by atoms with van der Waals surface area (Å²) in [6.07, 6.45) is 3.16. The fraction of sp³-hybridized carbons (Fsp3) is 0.0870. The second-order valence-electron chi connectivity index (χ2n) is 7.30. The Labute approximate surface area is 187 Å². The molecule has 2 aromatic carbocycles. The molecule has 0 saturated carbocycles. The third kappa shape index (κ3) is 3.74. The summed E-state index contributed by atoms with van der Waals surface area (Å²) in [7, 11) is 0. The van der Waals surface area contributed by atoms with Gasteiger partial charge in [-0.05, 0) is 47.5 Å². The van der Waals surface area contributed by atoms with Crippen molar-refractivity contribution >= 4 is 28.8 Å². The van der Waals surface area contributed by atoms with Crippen LogP contribution in [0.2, 0.25) is 0 Å². The molecule has 0 aliphatic carbocycles. The van der Waals surface area contributed by atoms with E-state index in [0.717, 1.165) is 10.5 Å². The number of aromatic nitrogens is 1. The summed E-state index contributed by atoms with van der Waals surface area (Å²) < 4.78 is 10.7. The first-order chi connectivity index (χ1) is 16.0. The van der Waals surface area contributed by atoms with Crippen molar-refractivity contribution in [2.24, 2.45) is 0 Å². The van der Waals surface area contributed by atoms with E-state index in [9.17, 15) is 19.7 Å². The van der Waals surface area contributed by atoms with Crippen LogP contribution >= 0.6 is 0 Å². The number of hydrogen-bond acceptors (Lipinski definition) is 8. The van der Waals surface area contributed by atoms with Gasteiger partial charge in [-0.15, -0.1) is 0 Å². The second-order valence-corrected chi connectivity index (χ2v) is 7.30. The van der Waals surface area contributed by atoms with Crippen LogP contribution in [0.1, 0.15) is 11.1 Å². The minimum Gasteiger partial charge on any atom is -0.454 e. The van der Waals surface area contributed by atoms with E-state index >= 15 is 0 Å². The fourth-order valence-electron chi connectivity index (χ4n) is 3.64. The van der Waals surface area contributed by atoms with Crippen molar-refractivity contribution in [2.45, 2.75) is 6.54 Å². The highest BCUT2D eigenvalue weighted by atomic mass is 16.7. The van der Waals surface area contributed by atoms with Crippen molar-refractivity contribution in [1.82, 2.24) is 9.88 Å². The number of nitrogens with zero attached hydrogens (tertiary/aromatic N) is 3. The number of non-ortho nitro benzene ring substituents is 1. The molecule has 0 radical (unpaired) electrons. The monoisotopic (exact) mass is 444 g/mol. The highest BCUT2D eigenvalue weighted by Gasteiger charge is 2.39. The zero-order chi connectivity index (χ0) is 22.9. The van der Waals surface area contributed by atoms with Gasteiger partial charge in [0.2, 0.25) is 6.79 Å². The van der Waals surface area contributed by atoms with Gasteiger partial charge in [0.1, 0.15) is 5.70 Å². The summed E-state index contributed by atoms with van der Waals surface area (Å²) in [6, 6.07) is 14.0. The first-order valence-corrected chi connectivity index (χ1v) is 9.92. The summed E-state index contributed by atoms with van der Waals surface area (Å²) >= 11 is 0. The van der Waals surface area contributed by atoms with E-state index in [-0.39, 0.29) is 30.3 Å². The quantitative estimate of drug-likeness (QED) is 0.349. The Morgan fingerprint density at radius 1 is 0.970 bits per heavy atom. The van der Waals surface area contributed by atoms with Gasteiger partial charge in [-0.1, -0.05) is 0 Å². The Balaban J connectivity index is 1.54. The number of nitro benzene ring substituents is 1. The normalized spacial score (nSPS) is 14.7. The van der Waals surface area contributed by atoms with Crippen LogP contribution in [0.3, 0.4) is 0 Å². The van der Waals surface area contributed by atoms with Crippen LogP contribution in [0.15, 0.2) is 72.7 Å². The molecule has 10 heteroatoms. The van der Waals surface area contributed by atoms with Crippen molar-refractivity contribution in [3.05, 3.63) is 93.9 Å². The average Bonchev–Trinajstić information content (AvgIpc) is 3.38. The number of fused-ring (bicyclic) bond motifs is 1. The van der Waals surface area contributed by atoms with Gasteiger partial charge in [0.05, 0.1) is 17.0 Å². The maximum Gasteiger partial charge on any atom is 0.278 e. The Morgan fingerprint density at radius 2 is 1.70 bits per heavy atom. The van der Waals surface area contributed by atoms with E-state index < -0.39 is 16.7 Å². The second kappa shape index (κ2) is 8.08.